The molecule has 116 valence electrons. The summed E-state index contributed by atoms with van der Waals surface area (Å²) >= 11 is 3.16. The lowest BCUT2D eigenvalue weighted by Crippen LogP contribution is -2.19. The van der Waals surface area contributed by atoms with Crippen molar-refractivity contribution in [1.29, 1.82) is 0 Å². The quantitative estimate of drug-likeness (QED) is 0.487. The zero-order chi connectivity index (χ0) is 15.9. The number of hydrogen-bond donors (Lipinski definition) is 1. The lowest BCUT2D eigenvalue weighted by atomic mass is 10.3. The van der Waals surface area contributed by atoms with Crippen LogP contribution in [0, 0.1) is 12.7 Å². The molecule has 1 aromatic carbocycles. The van der Waals surface area contributed by atoms with Crippen LogP contribution in [0.15, 0.2) is 46.4 Å². The summed E-state index contributed by atoms with van der Waals surface area (Å²) in [6, 6.07) is 10.3. The number of halogens is 1. The van der Waals surface area contributed by atoms with Crippen LogP contribution in [0.2, 0.25) is 0 Å². The average Bonchev–Trinajstić information content (AvgIpc) is 2.93. The van der Waals surface area contributed by atoms with E-state index in [1.165, 1.54) is 28.8 Å². The summed E-state index contributed by atoms with van der Waals surface area (Å²) in [4.78, 5) is 15.0. The van der Waals surface area contributed by atoms with Crippen molar-refractivity contribution in [2.45, 2.75) is 25.2 Å². The van der Waals surface area contributed by atoms with Crippen molar-refractivity contribution in [2.75, 3.05) is 5.75 Å². The average molecular weight is 336 g/mol. The lowest BCUT2D eigenvalue weighted by molar-refractivity contribution is -0.120. The van der Waals surface area contributed by atoms with E-state index >= 15 is 0 Å². The van der Waals surface area contributed by atoms with E-state index in [0.717, 1.165) is 15.5 Å². The van der Waals surface area contributed by atoms with E-state index in [1.54, 1.807) is 23.5 Å². The number of thioether (sulfide) groups is 1. The monoisotopic (exact) mass is 336 g/mol. The van der Waals surface area contributed by atoms with Crippen molar-refractivity contribution in [2.24, 2.45) is 5.10 Å². The van der Waals surface area contributed by atoms with E-state index in [2.05, 4.69) is 10.5 Å². The summed E-state index contributed by atoms with van der Waals surface area (Å²) in [6.45, 7) is 3.91. The fraction of sp³-hybridized carbons (Fsp3) is 0.250. The number of rotatable bonds is 6. The summed E-state index contributed by atoms with van der Waals surface area (Å²) in [7, 11) is 0. The third-order valence-electron chi connectivity index (χ3n) is 2.86. The normalized spacial score (nSPS) is 11.5. The minimum atomic E-state index is -0.254. The van der Waals surface area contributed by atoms with Crippen molar-refractivity contribution in [3.05, 3.63) is 52.0 Å². The molecule has 0 saturated carbocycles. The van der Waals surface area contributed by atoms with Crippen LogP contribution in [0.4, 0.5) is 4.39 Å². The van der Waals surface area contributed by atoms with Crippen molar-refractivity contribution < 1.29 is 9.18 Å². The molecule has 0 saturated heterocycles. The maximum absolute atomic E-state index is 12.8. The minimum Gasteiger partial charge on any atom is -0.273 e. The van der Waals surface area contributed by atoms with Gasteiger partial charge in [0.05, 0.1) is 10.6 Å². The van der Waals surface area contributed by atoms with Crippen LogP contribution in [-0.4, -0.2) is 17.4 Å². The number of carbonyl (C=O) groups is 1. The number of nitrogens with zero attached hydrogens (tertiary/aromatic N) is 1. The van der Waals surface area contributed by atoms with Crippen LogP contribution in [0.3, 0.4) is 0 Å². The van der Waals surface area contributed by atoms with Gasteiger partial charge in [0.2, 0.25) is 5.91 Å². The van der Waals surface area contributed by atoms with Crippen LogP contribution < -0.4 is 5.43 Å². The van der Waals surface area contributed by atoms with Crippen LogP contribution in [0.1, 0.15) is 23.1 Å². The molecule has 0 radical (unpaired) electrons. The largest absolute Gasteiger partial charge is 0.273 e. The fourth-order valence-corrected chi connectivity index (χ4v) is 3.34. The van der Waals surface area contributed by atoms with Gasteiger partial charge in [-0.15, -0.1) is 23.1 Å². The van der Waals surface area contributed by atoms with E-state index in [4.69, 9.17) is 0 Å². The number of carbonyl (C=O) groups excluding carboxylic acids is 1. The molecule has 0 aliphatic rings. The molecule has 0 unspecified atom stereocenters. The number of thiophene rings is 1. The highest BCUT2D eigenvalue weighted by Gasteiger charge is 2.04. The number of hydrogen-bond acceptors (Lipinski definition) is 4. The van der Waals surface area contributed by atoms with E-state index < -0.39 is 0 Å². The molecule has 1 aromatic heterocycles. The van der Waals surface area contributed by atoms with Gasteiger partial charge in [-0.1, -0.05) is 0 Å². The SMILES string of the molecule is C/C(=N/NC(=O)CCSc1ccc(F)cc1)c1ccc(C)s1. The minimum absolute atomic E-state index is 0.123. The van der Waals surface area contributed by atoms with Crippen molar-refractivity contribution in [1.82, 2.24) is 5.43 Å². The van der Waals surface area contributed by atoms with E-state index in [9.17, 15) is 9.18 Å². The summed E-state index contributed by atoms with van der Waals surface area (Å²) in [5.74, 6) is 0.252. The highest BCUT2D eigenvalue weighted by molar-refractivity contribution is 7.99. The number of hydrazone groups is 1. The molecule has 2 rings (SSSR count). The molecule has 0 spiro atoms. The van der Waals surface area contributed by atoms with Crippen molar-refractivity contribution in [3.8, 4) is 0 Å². The molecule has 0 aliphatic carbocycles. The summed E-state index contributed by atoms with van der Waals surface area (Å²) in [5, 5.41) is 4.11. The van der Waals surface area contributed by atoms with Gasteiger partial charge < -0.3 is 0 Å². The second-order valence-electron chi connectivity index (χ2n) is 4.69. The molecule has 1 N–H and O–H groups in total. The lowest BCUT2D eigenvalue weighted by Gasteiger charge is -2.02. The Hall–Kier alpha value is -1.66. The third-order valence-corrected chi connectivity index (χ3v) is 4.98. The Balaban J connectivity index is 1.75. The van der Waals surface area contributed by atoms with Crippen LogP contribution in [0.25, 0.3) is 0 Å². The third kappa shape index (κ3) is 5.27. The Labute approximate surface area is 137 Å². The molecular weight excluding hydrogens is 319 g/mol. The second-order valence-corrected chi connectivity index (χ2v) is 7.15. The molecule has 0 aliphatic heterocycles. The maximum Gasteiger partial charge on any atom is 0.240 e. The van der Waals surface area contributed by atoms with Gasteiger partial charge in [-0.3, -0.25) is 4.79 Å². The van der Waals surface area contributed by atoms with E-state index in [0.29, 0.717) is 12.2 Å². The van der Waals surface area contributed by atoms with Gasteiger partial charge in [0, 0.05) is 21.9 Å². The topological polar surface area (TPSA) is 41.5 Å². The highest BCUT2D eigenvalue weighted by atomic mass is 32.2. The highest BCUT2D eigenvalue weighted by Crippen LogP contribution is 2.19. The first-order valence-corrected chi connectivity index (χ1v) is 8.63. The maximum atomic E-state index is 12.8. The van der Waals surface area contributed by atoms with Gasteiger partial charge >= 0.3 is 0 Å². The Morgan fingerprint density at radius 3 is 2.64 bits per heavy atom. The Morgan fingerprint density at radius 1 is 1.27 bits per heavy atom. The second kappa shape index (κ2) is 8.10. The molecule has 0 bridgehead atoms. The van der Waals surface area contributed by atoms with Gasteiger partial charge in [-0.2, -0.15) is 5.10 Å². The first-order chi connectivity index (χ1) is 10.5. The zero-order valence-corrected chi connectivity index (χ0v) is 14.1. The van der Waals surface area contributed by atoms with Gasteiger partial charge in [0.1, 0.15) is 5.82 Å². The molecule has 1 heterocycles. The standard InChI is InChI=1S/C16H17FN2OS2/c1-11-3-8-15(22-11)12(2)18-19-16(20)9-10-21-14-6-4-13(17)5-7-14/h3-8H,9-10H2,1-2H3,(H,19,20)/b18-12-. The first-order valence-electron chi connectivity index (χ1n) is 6.83. The summed E-state index contributed by atoms with van der Waals surface area (Å²) < 4.78 is 12.8. The number of nitrogens with one attached hydrogen (secondary N) is 1. The number of benzene rings is 1. The molecule has 1 amide bonds. The Kier molecular flexibility index (Phi) is 6.15. The molecule has 3 nitrogen and oxygen atoms in total. The van der Waals surface area contributed by atoms with Crippen molar-refractivity contribution >= 4 is 34.7 Å². The molecule has 2 aromatic rings. The van der Waals surface area contributed by atoms with Gasteiger partial charge in [0.25, 0.3) is 0 Å². The van der Waals surface area contributed by atoms with Gasteiger partial charge in [-0.05, 0) is 50.2 Å². The van der Waals surface area contributed by atoms with Gasteiger partial charge in [-0.25, -0.2) is 9.82 Å². The summed E-state index contributed by atoms with van der Waals surface area (Å²) in [6.07, 6.45) is 0.363. The predicted octanol–water partition coefficient (Wildman–Crippen LogP) is 4.22. The van der Waals surface area contributed by atoms with Crippen molar-refractivity contribution in [3.63, 3.8) is 0 Å². The van der Waals surface area contributed by atoms with Crippen LogP contribution in [-0.2, 0) is 4.79 Å². The molecule has 0 fully saturated rings. The summed E-state index contributed by atoms with van der Waals surface area (Å²) in [5.41, 5.74) is 3.37. The molecule has 6 heteroatoms. The number of amides is 1. The van der Waals surface area contributed by atoms with E-state index in [1.807, 2.05) is 26.0 Å². The van der Waals surface area contributed by atoms with Crippen LogP contribution in [0.5, 0.6) is 0 Å². The Morgan fingerprint density at radius 2 is 2.00 bits per heavy atom. The zero-order valence-electron chi connectivity index (χ0n) is 12.4. The molecule has 0 atom stereocenters. The first kappa shape index (κ1) is 16.7. The van der Waals surface area contributed by atoms with E-state index in [-0.39, 0.29) is 11.7 Å². The van der Waals surface area contributed by atoms with Crippen LogP contribution >= 0.6 is 23.1 Å². The predicted molar refractivity (Wildman–Crippen MR) is 91.2 cm³/mol. The smallest absolute Gasteiger partial charge is 0.240 e. The van der Waals surface area contributed by atoms with Gasteiger partial charge in [0.15, 0.2) is 0 Å². The Bertz CT molecular complexity index is 665. The fourth-order valence-electron chi connectivity index (χ4n) is 1.68. The molecular formula is C16H17FN2OS2. The molecule has 22 heavy (non-hydrogen) atoms. The number of aryl methyl sites for hydroxylation is 1.